The summed E-state index contributed by atoms with van der Waals surface area (Å²) in [6.07, 6.45) is -2.95. The molecular weight excluding hydrogens is 469 g/mol. The molecule has 190 valence electrons. The molecule has 8 heteroatoms. The van der Waals surface area contributed by atoms with Gasteiger partial charge in [0.15, 0.2) is 0 Å². The van der Waals surface area contributed by atoms with E-state index in [-0.39, 0.29) is 11.9 Å². The normalized spacial score (nSPS) is 14.9. The highest BCUT2D eigenvalue weighted by Crippen LogP contribution is 2.31. The zero-order chi connectivity index (χ0) is 25.7. The van der Waals surface area contributed by atoms with E-state index in [1.165, 1.54) is 12.1 Å². The lowest BCUT2D eigenvalue weighted by Gasteiger charge is -2.38. The lowest BCUT2D eigenvalue weighted by atomic mass is 9.99. The molecule has 1 saturated heterocycles. The van der Waals surface area contributed by atoms with Gasteiger partial charge in [-0.3, -0.25) is 9.69 Å². The molecule has 36 heavy (non-hydrogen) atoms. The van der Waals surface area contributed by atoms with Crippen molar-refractivity contribution in [3.63, 3.8) is 0 Å². The van der Waals surface area contributed by atoms with Crippen LogP contribution in [-0.4, -0.2) is 44.2 Å². The lowest BCUT2D eigenvalue weighted by Crippen LogP contribution is -2.47. The summed E-state index contributed by atoms with van der Waals surface area (Å²) in [6.45, 7) is 1.78. The van der Waals surface area contributed by atoms with Crippen molar-refractivity contribution in [1.82, 2.24) is 4.90 Å². The van der Waals surface area contributed by atoms with Crippen molar-refractivity contribution in [1.29, 1.82) is 0 Å². The molecule has 0 aliphatic carbocycles. The molecule has 0 unspecified atom stereocenters. The Morgan fingerprint density at radius 3 is 2.06 bits per heavy atom. The molecule has 0 saturated carbocycles. The minimum Gasteiger partial charge on any atom is -0.497 e. The van der Waals surface area contributed by atoms with Gasteiger partial charge in [0.2, 0.25) is 0 Å². The number of benzene rings is 3. The van der Waals surface area contributed by atoms with E-state index in [9.17, 15) is 18.0 Å². The lowest BCUT2D eigenvalue weighted by molar-refractivity contribution is -0.137. The summed E-state index contributed by atoms with van der Waals surface area (Å²) in [7, 11) is 3.17. The fraction of sp³-hybridized carbons (Fsp3) is 0.321. The first-order valence-corrected chi connectivity index (χ1v) is 11.8. The molecule has 5 nitrogen and oxygen atoms in total. The number of carbonyl (C=O) groups is 1. The smallest absolute Gasteiger partial charge is 0.416 e. The molecule has 0 radical (unpaired) electrons. The number of anilines is 1. The maximum absolute atomic E-state index is 13.6. The Bertz CT molecular complexity index is 1160. The Hall–Kier alpha value is -3.52. The third kappa shape index (κ3) is 5.99. The van der Waals surface area contributed by atoms with Gasteiger partial charge in [0, 0.05) is 36.9 Å². The molecule has 4 rings (SSSR count). The first-order valence-electron chi connectivity index (χ1n) is 11.8. The van der Waals surface area contributed by atoms with Crippen LogP contribution in [0.25, 0.3) is 0 Å². The summed E-state index contributed by atoms with van der Waals surface area (Å²) >= 11 is 0. The zero-order valence-electron chi connectivity index (χ0n) is 20.3. The molecule has 3 aromatic carbocycles. The number of likely N-dealkylation sites (tertiary alicyclic amines) is 1. The molecule has 0 bridgehead atoms. The second-order valence-corrected chi connectivity index (χ2v) is 8.81. The SMILES string of the molecule is COc1ccc(C(=O)N(c2ccc(OC)cc2)C2CCN(Cc3cccc(C(F)(F)F)c3)CC2)cc1. The highest BCUT2D eigenvalue weighted by molar-refractivity contribution is 6.06. The van der Waals surface area contributed by atoms with E-state index in [0.29, 0.717) is 55.1 Å². The Kier molecular flexibility index (Phi) is 7.84. The van der Waals surface area contributed by atoms with Crippen LogP contribution in [0.2, 0.25) is 0 Å². The number of rotatable bonds is 7. The number of hydrogen-bond donors (Lipinski definition) is 0. The van der Waals surface area contributed by atoms with Crippen LogP contribution in [0.1, 0.15) is 34.3 Å². The first kappa shape index (κ1) is 25.6. The maximum atomic E-state index is 13.6. The minimum atomic E-state index is -4.36. The van der Waals surface area contributed by atoms with Crippen molar-refractivity contribution >= 4 is 11.6 Å². The van der Waals surface area contributed by atoms with Gasteiger partial charge in [-0.1, -0.05) is 18.2 Å². The number of amides is 1. The highest BCUT2D eigenvalue weighted by Gasteiger charge is 2.32. The maximum Gasteiger partial charge on any atom is 0.416 e. The molecule has 0 N–H and O–H groups in total. The van der Waals surface area contributed by atoms with Gasteiger partial charge in [-0.15, -0.1) is 0 Å². The van der Waals surface area contributed by atoms with E-state index in [2.05, 4.69) is 4.90 Å². The van der Waals surface area contributed by atoms with Crippen molar-refractivity contribution < 1.29 is 27.4 Å². The fourth-order valence-electron chi connectivity index (χ4n) is 4.55. The Balaban J connectivity index is 1.50. The second kappa shape index (κ2) is 11.0. The van der Waals surface area contributed by atoms with Gasteiger partial charge in [0.1, 0.15) is 11.5 Å². The van der Waals surface area contributed by atoms with Crippen LogP contribution in [0.4, 0.5) is 18.9 Å². The number of hydrogen-bond acceptors (Lipinski definition) is 4. The molecule has 1 heterocycles. The van der Waals surface area contributed by atoms with E-state index >= 15 is 0 Å². The number of alkyl halides is 3. The van der Waals surface area contributed by atoms with Crippen molar-refractivity contribution in [3.8, 4) is 11.5 Å². The van der Waals surface area contributed by atoms with Gasteiger partial charge in [0.05, 0.1) is 19.8 Å². The van der Waals surface area contributed by atoms with Crippen LogP contribution >= 0.6 is 0 Å². The summed E-state index contributed by atoms with van der Waals surface area (Å²) in [5, 5.41) is 0. The highest BCUT2D eigenvalue weighted by atomic mass is 19.4. The molecule has 0 spiro atoms. The molecule has 1 amide bonds. The average molecular weight is 499 g/mol. The van der Waals surface area contributed by atoms with Crippen LogP contribution in [0, 0.1) is 0 Å². The first-order chi connectivity index (χ1) is 17.3. The Labute approximate surface area is 209 Å². The second-order valence-electron chi connectivity index (χ2n) is 8.81. The predicted octanol–water partition coefficient (Wildman–Crippen LogP) is 6.03. The van der Waals surface area contributed by atoms with Crippen molar-refractivity contribution in [3.05, 3.63) is 89.5 Å². The van der Waals surface area contributed by atoms with Crippen LogP contribution in [0.5, 0.6) is 11.5 Å². The van der Waals surface area contributed by atoms with Crippen LogP contribution in [-0.2, 0) is 12.7 Å². The molecule has 1 aliphatic heterocycles. The third-order valence-electron chi connectivity index (χ3n) is 6.49. The Morgan fingerprint density at radius 1 is 0.917 bits per heavy atom. The number of methoxy groups -OCH3 is 2. The predicted molar refractivity (Wildman–Crippen MR) is 133 cm³/mol. The third-order valence-corrected chi connectivity index (χ3v) is 6.49. The summed E-state index contributed by atoms with van der Waals surface area (Å²) < 4.78 is 49.7. The van der Waals surface area contributed by atoms with Gasteiger partial charge in [0.25, 0.3) is 5.91 Å². The molecular formula is C28H29F3N2O3. The van der Waals surface area contributed by atoms with E-state index in [1.54, 1.807) is 44.6 Å². The molecule has 0 atom stereocenters. The Morgan fingerprint density at radius 2 is 1.50 bits per heavy atom. The number of nitrogens with zero attached hydrogens (tertiary/aromatic N) is 2. The van der Waals surface area contributed by atoms with Gasteiger partial charge in [-0.25, -0.2) is 0 Å². The van der Waals surface area contributed by atoms with Crippen LogP contribution in [0.3, 0.4) is 0 Å². The fourth-order valence-corrected chi connectivity index (χ4v) is 4.55. The zero-order valence-corrected chi connectivity index (χ0v) is 20.3. The number of carbonyl (C=O) groups excluding carboxylic acids is 1. The molecule has 1 aliphatic rings. The summed E-state index contributed by atoms with van der Waals surface area (Å²) in [6, 6.07) is 19.8. The minimum absolute atomic E-state index is 0.0502. The number of halogens is 3. The van der Waals surface area contributed by atoms with Crippen molar-refractivity contribution in [2.45, 2.75) is 31.6 Å². The van der Waals surface area contributed by atoms with Crippen LogP contribution in [0.15, 0.2) is 72.8 Å². The number of ether oxygens (including phenoxy) is 2. The standard InChI is InChI=1S/C28H29F3N2O3/c1-35-25-10-6-21(7-11-25)27(34)33(23-8-12-26(36-2)13-9-23)24-14-16-32(17-15-24)19-20-4-3-5-22(18-20)28(29,30)31/h3-13,18,24H,14-17,19H2,1-2H3. The molecule has 1 fully saturated rings. The van der Waals surface area contributed by atoms with E-state index in [0.717, 1.165) is 11.8 Å². The monoisotopic (exact) mass is 498 g/mol. The summed E-state index contributed by atoms with van der Waals surface area (Å²) in [5.74, 6) is 1.26. The molecule has 3 aromatic rings. The summed E-state index contributed by atoms with van der Waals surface area (Å²) in [5.41, 5.74) is 1.32. The van der Waals surface area contributed by atoms with Crippen molar-refractivity contribution in [2.75, 3.05) is 32.2 Å². The van der Waals surface area contributed by atoms with E-state index < -0.39 is 11.7 Å². The van der Waals surface area contributed by atoms with E-state index in [4.69, 9.17) is 9.47 Å². The van der Waals surface area contributed by atoms with Crippen LogP contribution < -0.4 is 14.4 Å². The van der Waals surface area contributed by atoms with Gasteiger partial charge < -0.3 is 14.4 Å². The quantitative estimate of drug-likeness (QED) is 0.399. The summed E-state index contributed by atoms with van der Waals surface area (Å²) in [4.78, 5) is 17.6. The van der Waals surface area contributed by atoms with Crippen molar-refractivity contribution in [2.24, 2.45) is 0 Å². The van der Waals surface area contributed by atoms with Gasteiger partial charge in [-0.05, 0) is 73.0 Å². The van der Waals surface area contributed by atoms with Gasteiger partial charge in [-0.2, -0.15) is 13.2 Å². The topological polar surface area (TPSA) is 42.0 Å². The molecule has 0 aromatic heterocycles. The van der Waals surface area contributed by atoms with E-state index in [1.807, 2.05) is 29.2 Å². The largest absolute Gasteiger partial charge is 0.497 e. The van der Waals surface area contributed by atoms with Gasteiger partial charge >= 0.3 is 6.18 Å². The average Bonchev–Trinajstić information content (AvgIpc) is 2.90. The number of piperidine rings is 1.